The van der Waals surface area contributed by atoms with Crippen LogP contribution in [0.4, 0.5) is 0 Å². The molecule has 0 aliphatic heterocycles. The van der Waals surface area contributed by atoms with Crippen molar-refractivity contribution in [2.24, 2.45) is 0 Å². The number of alkyl halides is 1. The van der Waals surface area contributed by atoms with Gasteiger partial charge in [0.2, 0.25) is 0 Å². The molecule has 0 aromatic heterocycles. The van der Waals surface area contributed by atoms with Crippen molar-refractivity contribution in [3.8, 4) is 5.75 Å². The van der Waals surface area contributed by atoms with Gasteiger partial charge in [0.05, 0.1) is 21.3 Å². The Hall–Kier alpha value is 0.410. The van der Waals surface area contributed by atoms with Gasteiger partial charge in [-0.05, 0) is 56.0 Å². The zero-order chi connectivity index (χ0) is 14.5. The summed E-state index contributed by atoms with van der Waals surface area (Å²) in [6, 6.07) is 3.94. The zero-order valence-corrected chi connectivity index (χ0v) is 16.0. The summed E-state index contributed by atoms with van der Waals surface area (Å²) in [4.78, 5) is 0. The largest absolute Gasteiger partial charge is 0.491 e. The van der Waals surface area contributed by atoms with Crippen LogP contribution in [0.2, 0.25) is 0 Å². The molecule has 0 fully saturated rings. The highest BCUT2D eigenvalue weighted by Crippen LogP contribution is 2.35. The fourth-order valence-electron chi connectivity index (χ4n) is 1.42. The Morgan fingerprint density at radius 1 is 1.21 bits per heavy atom. The predicted molar refractivity (Wildman–Crippen MR) is 88.9 cm³/mol. The number of sulfone groups is 1. The lowest BCUT2D eigenvalue weighted by Crippen LogP contribution is -2.12. The molecule has 1 aromatic carbocycles. The molecule has 0 radical (unpaired) electrons. The average molecular weight is 479 g/mol. The van der Waals surface area contributed by atoms with Crippen LogP contribution in [0.1, 0.15) is 18.9 Å². The van der Waals surface area contributed by atoms with Gasteiger partial charge in [0.1, 0.15) is 15.6 Å². The van der Waals surface area contributed by atoms with E-state index >= 15 is 0 Å². The molecule has 0 heterocycles. The number of halogens is 3. The molecule has 0 saturated heterocycles. The van der Waals surface area contributed by atoms with Crippen molar-refractivity contribution >= 4 is 57.6 Å². The van der Waals surface area contributed by atoms with Crippen molar-refractivity contribution in [3.63, 3.8) is 0 Å². The van der Waals surface area contributed by atoms with Gasteiger partial charge < -0.3 is 4.74 Å². The molecule has 7 heteroatoms. The summed E-state index contributed by atoms with van der Waals surface area (Å²) in [5.41, 5.74) is 1.12. The highest BCUT2D eigenvalue weighted by Gasteiger charge is 2.10. The van der Waals surface area contributed by atoms with Gasteiger partial charge >= 0.3 is 0 Å². The summed E-state index contributed by atoms with van der Waals surface area (Å²) in [5, 5.41) is 0.763. The van der Waals surface area contributed by atoms with Crippen LogP contribution in [-0.4, -0.2) is 26.5 Å². The van der Waals surface area contributed by atoms with E-state index in [1.165, 1.54) is 0 Å². The lowest BCUT2D eigenvalue weighted by molar-refractivity contribution is 0.313. The minimum Gasteiger partial charge on any atom is -0.491 e. The van der Waals surface area contributed by atoms with Gasteiger partial charge in [-0.1, -0.05) is 22.9 Å². The molecule has 0 N–H and O–H groups in total. The van der Waals surface area contributed by atoms with Gasteiger partial charge in [-0.15, -0.1) is 0 Å². The second-order valence-corrected chi connectivity index (χ2v) is 8.70. The number of ether oxygens (including phenoxy) is 1. The Bertz CT molecular complexity index is 506. The van der Waals surface area contributed by atoms with E-state index in [4.69, 9.17) is 4.74 Å². The topological polar surface area (TPSA) is 43.4 Å². The van der Waals surface area contributed by atoms with Gasteiger partial charge in [0.25, 0.3) is 0 Å². The first-order valence-corrected chi connectivity index (χ1v) is 10.3. The molecule has 0 amide bonds. The first-order chi connectivity index (χ1) is 8.89. The summed E-state index contributed by atoms with van der Waals surface area (Å²) >= 11 is 10.3. The van der Waals surface area contributed by atoms with Crippen molar-refractivity contribution in [2.75, 3.05) is 18.1 Å². The second-order valence-electron chi connectivity index (χ2n) is 3.96. The number of rotatable bonds is 7. The van der Waals surface area contributed by atoms with Gasteiger partial charge in [-0.25, -0.2) is 8.42 Å². The Labute approximate surface area is 139 Å². The molecular weight excluding hydrogens is 464 g/mol. The van der Waals surface area contributed by atoms with Crippen LogP contribution in [0.5, 0.6) is 5.75 Å². The van der Waals surface area contributed by atoms with Gasteiger partial charge in [0.15, 0.2) is 0 Å². The van der Waals surface area contributed by atoms with E-state index in [-0.39, 0.29) is 11.5 Å². The normalized spacial score (nSPS) is 11.6. The molecule has 0 bridgehead atoms. The minimum absolute atomic E-state index is 0.165. The minimum atomic E-state index is -2.91. The predicted octanol–water partition coefficient (Wildman–Crippen LogP) is 4.31. The van der Waals surface area contributed by atoms with Gasteiger partial charge in [0, 0.05) is 11.1 Å². The Morgan fingerprint density at radius 3 is 2.26 bits per heavy atom. The third-order valence-corrected chi connectivity index (χ3v) is 6.11. The Balaban J connectivity index is 2.59. The molecule has 0 atom stereocenters. The van der Waals surface area contributed by atoms with E-state index in [9.17, 15) is 8.42 Å². The number of hydrogen-bond acceptors (Lipinski definition) is 3. The summed E-state index contributed by atoms with van der Waals surface area (Å²) in [6.07, 6.45) is 0.495. The second kappa shape index (κ2) is 8.00. The van der Waals surface area contributed by atoms with E-state index in [0.717, 1.165) is 19.8 Å². The maximum atomic E-state index is 11.3. The Morgan fingerprint density at radius 2 is 1.79 bits per heavy atom. The highest BCUT2D eigenvalue weighted by atomic mass is 79.9. The van der Waals surface area contributed by atoms with Gasteiger partial charge in [-0.3, -0.25) is 0 Å². The van der Waals surface area contributed by atoms with Crippen molar-refractivity contribution < 1.29 is 13.2 Å². The van der Waals surface area contributed by atoms with Crippen LogP contribution >= 0.6 is 47.8 Å². The lowest BCUT2D eigenvalue weighted by atomic mass is 10.2. The summed E-state index contributed by atoms with van der Waals surface area (Å²) in [5.74, 6) is 1.05. The van der Waals surface area contributed by atoms with E-state index in [2.05, 4.69) is 47.8 Å². The van der Waals surface area contributed by atoms with Crippen molar-refractivity contribution in [2.45, 2.75) is 18.7 Å². The Kier molecular flexibility index (Phi) is 7.35. The van der Waals surface area contributed by atoms with Crippen LogP contribution in [0.25, 0.3) is 0 Å². The van der Waals surface area contributed by atoms with Crippen LogP contribution < -0.4 is 4.74 Å². The summed E-state index contributed by atoms with van der Waals surface area (Å²) < 4.78 is 30.0. The molecule has 1 rings (SSSR count). The van der Waals surface area contributed by atoms with Gasteiger partial charge in [-0.2, -0.15) is 0 Å². The molecule has 1 aromatic rings. The van der Waals surface area contributed by atoms with E-state index in [0.29, 0.717) is 18.8 Å². The smallest absolute Gasteiger partial charge is 0.150 e. The van der Waals surface area contributed by atoms with E-state index < -0.39 is 9.84 Å². The lowest BCUT2D eigenvalue weighted by Gasteiger charge is -2.11. The number of benzene rings is 1. The van der Waals surface area contributed by atoms with E-state index in [1.807, 2.05) is 12.1 Å². The highest BCUT2D eigenvalue weighted by molar-refractivity contribution is 9.11. The van der Waals surface area contributed by atoms with Crippen molar-refractivity contribution in [3.05, 3.63) is 26.6 Å². The standard InChI is InChI=1S/C12H15Br3O3S/c1-2-19(16,17)5-3-4-18-12-10(14)6-9(8-13)7-11(12)15/h6-7H,2-5,8H2,1H3. The fourth-order valence-corrected chi connectivity index (χ4v) is 4.11. The molecule has 3 nitrogen and oxygen atoms in total. The van der Waals surface area contributed by atoms with Crippen LogP contribution in [-0.2, 0) is 15.2 Å². The molecule has 0 spiro atoms. The molecular formula is C12H15Br3O3S. The number of hydrogen-bond donors (Lipinski definition) is 0. The molecule has 0 aliphatic rings. The maximum Gasteiger partial charge on any atom is 0.150 e. The zero-order valence-electron chi connectivity index (χ0n) is 10.5. The maximum absolute atomic E-state index is 11.3. The quantitative estimate of drug-likeness (QED) is 0.433. The van der Waals surface area contributed by atoms with Crippen molar-refractivity contribution in [1.29, 1.82) is 0 Å². The molecule has 0 saturated carbocycles. The third-order valence-electron chi connectivity index (χ3n) is 2.50. The molecule has 19 heavy (non-hydrogen) atoms. The molecule has 0 unspecified atom stereocenters. The monoisotopic (exact) mass is 476 g/mol. The van der Waals surface area contributed by atoms with Crippen LogP contribution in [0, 0.1) is 0 Å². The first-order valence-electron chi connectivity index (χ1n) is 5.76. The molecule has 108 valence electrons. The summed E-state index contributed by atoms with van der Waals surface area (Å²) in [6.45, 7) is 2.03. The fraction of sp³-hybridized carbons (Fsp3) is 0.500. The van der Waals surface area contributed by atoms with Crippen molar-refractivity contribution in [1.82, 2.24) is 0 Å². The van der Waals surface area contributed by atoms with Crippen LogP contribution in [0.3, 0.4) is 0 Å². The first kappa shape index (κ1) is 17.5. The summed E-state index contributed by atoms with van der Waals surface area (Å²) in [7, 11) is -2.91. The SMILES string of the molecule is CCS(=O)(=O)CCCOc1c(Br)cc(CBr)cc1Br. The van der Waals surface area contributed by atoms with E-state index in [1.54, 1.807) is 6.92 Å². The average Bonchev–Trinajstić information content (AvgIpc) is 2.36. The molecule has 0 aliphatic carbocycles. The van der Waals surface area contributed by atoms with Crippen LogP contribution in [0.15, 0.2) is 21.1 Å². The third kappa shape index (κ3) is 5.73.